The lowest BCUT2D eigenvalue weighted by atomic mass is 9.81. The topological polar surface area (TPSA) is 49.9 Å². The first-order valence-corrected chi connectivity index (χ1v) is 8.13. The lowest BCUT2D eigenvalue weighted by Gasteiger charge is -2.36. The first-order valence-electron chi connectivity index (χ1n) is 8.13. The number of ether oxygens (including phenoxy) is 1. The van der Waals surface area contributed by atoms with Crippen molar-refractivity contribution in [3.8, 4) is 0 Å². The van der Waals surface area contributed by atoms with Crippen molar-refractivity contribution in [1.29, 1.82) is 0 Å². The van der Waals surface area contributed by atoms with Crippen LogP contribution in [0.4, 0.5) is 8.78 Å². The van der Waals surface area contributed by atoms with Gasteiger partial charge in [0.05, 0.1) is 31.6 Å². The molecule has 1 aliphatic carbocycles. The van der Waals surface area contributed by atoms with Crippen molar-refractivity contribution in [3.05, 3.63) is 12.2 Å². The highest BCUT2D eigenvalue weighted by atomic mass is 19.3. The summed E-state index contributed by atoms with van der Waals surface area (Å²) in [5.74, 6) is -1.42. The van der Waals surface area contributed by atoms with Gasteiger partial charge >= 0.3 is 0 Å². The predicted molar refractivity (Wildman–Crippen MR) is 81.0 cm³/mol. The summed E-state index contributed by atoms with van der Waals surface area (Å²) in [6, 6.07) is 0. The normalized spacial score (nSPS) is 24.8. The monoisotopic (exact) mass is 330 g/mol. The van der Waals surface area contributed by atoms with Crippen molar-refractivity contribution in [1.82, 2.24) is 9.80 Å². The molecule has 5 nitrogen and oxygen atoms in total. The largest absolute Gasteiger partial charge is 0.378 e. The zero-order valence-electron chi connectivity index (χ0n) is 13.4. The number of carbonyl (C=O) groups is 2. The zero-order valence-corrected chi connectivity index (χ0v) is 13.4. The van der Waals surface area contributed by atoms with Crippen LogP contribution in [-0.4, -0.2) is 67.4 Å². The number of carbonyl (C=O) groups excluding carboxylic acids is 2. The predicted octanol–water partition coefficient (Wildman–Crippen LogP) is 1.54. The van der Waals surface area contributed by atoms with E-state index in [9.17, 15) is 18.4 Å². The van der Waals surface area contributed by atoms with E-state index < -0.39 is 24.8 Å². The molecule has 2 rings (SSSR count). The third-order valence-electron chi connectivity index (χ3n) is 4.44. The molecule has 0 bridgehead atoms. The van der Waals surface area contributed by atoms with Crippen molar-refractivity contribution in [2.75, 3.05) is 39.4 Å². The molecule has 0 unspecified atom stereocenters. The van der Waals surface area contributed by atoms with Crippen LogP contribution < -0.4 is 0 Å². The van der Waals surface area contributed by atoms with Crippen LogP contribution in [0.2, 0.25) is 0 Å². The van der Waals surface area contributed by atoms with E-state index >= 15 is 0 Å². The van der Waals surface area contributed by atoms with Gasteiger partial charge in [-0.3, -0.25) is 9.59 Å². The SMILES string of the molecule is CCN(CC(F)F)C(=O)[C@@H]1CC=CC[C@@H]1C(=O)N1CCOCC1. The zero-order chi connectivity index (χ0) is 16.8. The smallest absolute Gasteiger partial charge is 0.255 e. The van der Waals surface area contributed by atoms with Crippen LogP contribution in [0, 0.1) is 11.8 Å². The highest BCUT2D eigenvalue weighted by molar-refractivity contribution is 5.88. The Bertz CT molecular complexity index is 451. The first kappa shape index (κ1) is 17.8. The molecule has 2 aliphatic rings. The first-order chi connectivity index (χ1) is 11.0. The van der Waals surface area contributed by atoms with Gasteiger partial charge in [-0.25, -0.2) is 8.78 Å². The minimum absolute atomic E-state index is 0.0656. The van der Waals surface area contributed by atoms with Gasteiger partial charge in [0, 0.05) is 19.6 Å². The molecule has 0 spiro atoms. The Morgan fingerprint density at radius 2 is 1.83 bits per heavy atom. The van der Waals surface area contributed by atoms with Crippen LogP contribution in [0.5, 0.6) is 0 Å². The minimum Gasteiger partial charge on any atom is -0.378 e. The molecule has 130 valence electrons. The Balaban J connectivity index is 2.09. The molecule has 0 aromatic heterocycles. The molecule has 0 radical (unpaired) electrons. The summed E-state index contributed by atoms with van der Waals surface area (Å²) in [7, 11) is 0. The van der Waals surface area contributed by atoms with Gasteiger partial charge in [0.2, 0.25) is 11.8 Å². The fourth-order valence-corrected chi connectivity index (χ4v) is 3.15. The number of morpholine rings is 1. The molecular weight excluding hydrogens is 306 g/mol. The number of rotatable bonds is 5. The lowest BCUT2D eigenvalue weighted by molar-refractivity contribution is -0.149. The van der Waals surface area contributed by atoms with Crippen LogP contribution in [0.1, 0.15) is 19.8 Å². The van der Waals surface area contributed by atoms with E-state index in [4.69, 9.17) is 4.74 Å². The van der Waals surface area contributed by atoms with E-state index in [0.717, 1.165) is 4.90 Å². The Hall–Kier alpha value is -1.50. The summed E-state index contributed by atoms with van der Waals surface area (Å²) in [6.45, 7) is 3.37. The Morgan fingerprint density at radius 3 is 2.39 bits per heavy atom. The fraction of sp³-hybridized carbons (Fsp3) is 0.750. The summed E-state index contributed by atoms with van der Waals surface area (Å²) >= 11 is 0. The average molecular weight is 330 g/mol. The summed E-state index contributed by atoms with van der Waals surface area (Å²) in [6.07, 6.45) is 2.11. The number of alkyl halides is 2. The number of hydrogen-bond acceptors (Lipinski definition) is 3. The van der Waals surface area contributed by atoms with Crippen LogP contribution in [-0.2, 0) is 14.3 Å². The average Bonchev–Trinajstić information content (AvgIpc) is 2.59. The maximum Gasteiger partial charge on any atom is 0.255 e. The molecular formula is C16H24F2N2O3. The van der Waals surface area contributed by atoms with Gasteiger partial charge < -0.3 is 14.5 Å². The molecule has 0 aromatic carbocycles. The van der Waals surface area contributed by atoms with E-state index in [1.165, 1.54) is 0 Å². The molecule has 1 saturated heterocycles. The van der Waals surface area contributed by atoms with Crippen molar-refractivity contribution in [3.63, 3.8) is 0 Å². The van der Waals surface area contributed by atoms with Gasteiger partial charge in [-0.05, 0) is 19.8 Å². The van der Waals surface area contributed by atoms with Gasteiger partial charge in [-0.1, -0.05) is 12.2 Å². The lowest BCUT2D eigenvalue weighted by Crippen LogP contribution is -2.49. The standard InChI is InChI=1S/C16H24F2N2O3/c1-2-19(11-14(17)18)15(21)12-5-3-4-6-13(12)16(22)20-7-9-23-10-8-20/h3-4,12-14H,2,5-11H2,1H3/t12-,13+/m1/s1. The van der Waals surface area contributed by atoms with Gasteiger partial charge in [0.1, 0.15) is 0 Å². The quantitative estimate of drug-likeness (QED) is 0.719. The molecule has 7 heteroatoms. The summed E-state index contributed by atoms with van der Waals surface area (Å²) < 4.78 is 30.5. The van der Waals surface area contributed by atoms with Crippen LogP contribution in [0.15, 0.2) is 12.2 Å². The van der Waals surface area contributed by atoms with Crippen molar-refractivity contribution in [2.45, 2.75) is 26.2 Å². The van der Waals surface area contributed by atoms with Gasteiger partial charge in [-0.15, -0.1) is 0 Å². The van der Waals surface area contributed by atoms with Crippen LogP contribution in [0.3, 0.4) is 0 Å². The Kier molecular flexibility index (Phi) is 6.50. The van der Waals surface area contributed by atoms with Gasteiger partial charge in [0.25, 0.3) is 6.43 Å². The third kappa shape index (κ3) is 4.50. The number of halogens is 2. The van der Waals surface area contributed by atoms with Gasteiger partial charge in [-0.2, -0.15) is 0 Å². The third-order valence-corrected chi connectivity index (χ3v) is 4.44. The summed E-state index contributed by atoms with van der Waals surface area (Å²) in [5.41, 5.74) is 0. The highest BCUT2D eigenvalue weighted by Gasteiger charge is 2.38. The van der Waals surface area contributed by atoms with E-state index in [0.29, 0.717) is 39.1 Å². The molecule has 0 N–H and O–H groups in total. The second kappa shape index (κ2) is 8.38. The number of nitrogens with zero attached hydrogens (tertiary/aromatic N) is 2. The summed E-state index contributed by atoms with van der Waals surface area (Å²) in [5, 5.41) is 0. The van der Waals surface area contributed by atoms with Crippen molar-refractivity contribution >= 4 is 11.8 Å². The molecule has 1 fully saturated rings. The van der Waals surface area contributed by atoms with Crippen LogP contribution in [0.25, 0.3) is 0 Å². The van der Waals surface area contributed by atoms with Crippen molar-refractivity contribution in [2.24, 2.45) is 11.8 Å². The van der Waals surface area contributed by atoms with E-state index in [2.05, 4.69) is 0 Å². The minimum atomic E-state index is -2.56. The second-order valence-electron chi connectivity index (χ2n) is 5.86. The van der Waals surface area contributed by atoms with E-state index in [1.807, 2.05) is 12.2 Å². The maximum atomic E-state index is 12.7. The van der Waals surface area contributed by atoms with Crippen LogP contribution >= 0.6 is 0 Å². The molecule has 0 aromatic rings. The number of hydrogen-bond donors (Lipinski definition) is 0. The van der Waals surface area contributed by atoms with Crippen molar-refractivity contribution < 1.29 is 23.1 Å². The summed E-state index contributed by atoms with van der Waals surface area (Å²) in [4.78, 5) is 28.2. The molecule has 1 heterocycles. The molecule has 23 heavy (non-hydrogen) atoms. The highest BCUT2D eigenvalue weighted by Crippen LogP contribution is 2.29. The number of amides is 2. The fourth-order valence-electron chi connectivity index (χ4n) is 3.15. The molecule has 0 saturated carbocycles. The molecule has 2 amide bonds. The second-order valence-corrected chi connectivity index (χ2v) is 5.86. The maximum absolute atomic E-state index is 12.7. The Labute approximate surface area is 135 Å². The molecule has 1 aliphatic heterocycles. The Morgan fingerprint density at radius 1 is 1.22 bits per heavy atom. The van der Waals surface area contributed by atoms with Gasteiger partial charge in [0.15, 0.2) is 0 Å². The molecule has 2 atom stereocenters. The number of allylic oxidation sites excluding steroid dienone is 2. The van der Waals surface area contributed by atoms with E-state index in [-0.39, 0.29) is 18.4 Å². The van der Waals surface area contributed by atoms with E-state index in [1.54, 1.807) is 11.8 Å².